The van der Waals surface area contributed by atoms with Gasteiger partial charge in [-0.3, -0.25) is 14.9 Å². The first-order chi connectivity index (χ1) is 7.80. The molecule has 0 fully saturated rings. The average Bonchev–Trinajstić information content (AvgIpc) is 2.25. The Morgan fingerprint density at radius 3 is 2.24 bits per heavy atom. The second kappa shape index (κ2) is 4.81. The van der Waals surface area contributed by atoms with Crippen LogP contribution in [0.4, 0.5) is 18.9 Å². The minimum atomic E-state index is -4.93. The van der Waals surface area contributed by atoms with Crippen LogP contribution in [-0.4, -0.2) is 17.0 Å². The highest BCUT2D eigenvalue weighted by atomic mass is 19.4. The molecule has 8 heteroatoms. The zero-order valence-electron chi connectivity index (χ0n) is 8.32. The van der Waals surface area contributed by atoms with Crippen LogP contribution in [0.2, 0.25) is 0 Å². The molecule has 0 bridgehead atoms. The highest BCUT2D eigenvalue weighted by Gasteiger charge is 2.38. The Labute approximate surface area is 93.4 Å². The van der Waals surface area contributed by atoms with E-state index in [0.29, 0.717) is 5.56 Å². The number of hydrogen-bond donors (Lipinski definition) is 1. The lowest BCUT2D eigenvalue weighted by Crippen LogP contribution is -2.36. The number of nitro groups is 1. The van der Waals surface area contributed by atoms with Gasteiger partial charge >= 0.3 is 12.1 Å². The molecule has 0 heterocycles. The molecule has 0 unspecified atom stereocenters. The molecule has 1 aromatic rings. The summed E-state index contributed by atoms with van der Waals surface area (Å²) in [5.41, 5.74) is 0.170. The maximum absolute atomic E-state index is 11.8. The highest BCUT2D eigenvalue weighted by molar-refractivity contribution is 5.81. The molecule has 1 amide bonds. The molecule has 0 atom stereocenters. The van der Waals surface area contributed by atoms with E-state index >= 15 is 0 Å². The summed E-state index contributed by atoms with van der Waals surface area (Å²) in [6.45, 7) is -0.337. The van der Waals surface area contributed by atoms with Gasteiger partial charge in [0, 0.05) is 18.7 Å². The van der Waals surface area contributed by atoms with Crippen molar-refractivity contribution < 1.29 is 22.9 Å². The third-order valence-electron chi connectivity index (χ3n) is 1.86. The first-order valence-electron chi connectivity index (χ1n) is 4.39. The third kappa shape index (κ3) is 3.74. The molecule has 0 saturated heterocycles. The number of rotatable bonds is 3. The molecule has 5 nitrogen and oxygen atoms in total. The number of nitrogens with one attached hydrogen (secondary N) is 1. The minimum Gasteiger partial charge on any atom is -0.344 e. The summed E-state index contributed by atoms with van der Waals surface area (Å²) < 4.78 is 35.5. The van der Waals surface area contributed by atoms with E-state index in [1.807, 2.05) is 0 Å². The molecule has 1 rings (SSSR count). The van der Waals surface area contributed by atoms with Gasteiger partial charge in [-0.25, -0.2) is 0 Å². The standard InChI is InChI=1S/C9H7F3N2O3/c10-9(11,12)8(15)13-5-6-1-3-7(4-2-6)14(16)17/h1-4H,5H2,(H,13,15). The molecular weight excluding hydrogens is 241 g/mol. The molecular formula is C9H7F3N2O3. The van der Waals surface area contributed by atoms with Gasteiger partial charge in [0.15, 0.2) is 0 Å². The topological polar surface area (TPSA) is 72.2 Å². The first kappa shape index (κ1) is 12.9. The molecule has 17 heavy (non-hydrogen) atoms. The molecule has 92 valence electrons. The Morgan fingerprint density at radius 2 is 1.82 bits per heavy atom. The fourth-order valence-electron chi connectivity index (χ4n) is 1.02. The van der Waals surface area contributed by atoms with Crippen molar-refractivity contribution in [3.63, 3.8) is 0 Å². The van der Waals surface area contributed by atoms with Gasteiger partial charge in [-0.2, -0.15) is 13.2 Å². The smallest absolute Gasteiger partial charge is 0.344 e. The highest BCUT2D eigenvalue weighted by Crippen LogP contribution is 2.15. The number of nitrogens with zero attached hydrogens (tertiary/aromatic N) is 1. The van der Waals surface area contributed by atoms with Crippen molar-refractivity contribution in [3.8, 4) is 0 Å². The van der Waals surface area contributed by atoms with Gasteiger partial charge in [0.1, 0.15) is 0 Å². The van der Waals surface area contributed by atoms with Crippen LogP contribution in [-0.2, 0) is 11.3 Å². The van der Waals surface area contributed by atoms with Crippen molar-refractivity contribution in [3.05, 3.63) is 39.9 Å². The normalized spacial score (nSPS) is 11.0. The third-order valence-corrected chi connectivity index (χ3v) is 1.86. The molecule has 0 aliphatic carbocycles. The summed E-state index contributed by atoms with van der Waals surface area (Å²) in [4.78, 5) is 20.1. The Morgan fingerprint density at radius 1 is 1.29 bits per heavy atom. The van der Waals surface area contributed by atoms with E-state index in [1.54, 1.807) is 5.32 Å². The van der Waals surface area contributed by atoms with E-state index in [1.165, 1.54) is 12.1 Å². The van der Waals surface area contributed by atoms with Crippen LogP contribution in [0.3, 0.4) is 0 Å². The van der Waals surface area contributed by atoms with Crippen LogP contribution >= 0.6 is 0 Å². The number of alkyl halides is 3. The van der Waals surface area contributed by atoms with Gasteiger partial charge in [0.2, 0.25) is 0 Å². The maximum Gasteiger partial charge on any atom is 0.471 e. The number of carbonyl (C=O) groups excluding carboxylic acids is 1. The van der Waals surface area contributed by atoms with Gasteiger partial charge in [0.25, 0.3) is 5.69 Å². The van der Waals surface area contributed by atoms with Crippen LogP contribution in [0.15, 0.2) is 24.3 Å². The van der Waals surface area contributed by atoms with Gasteiger partial charge in [-0.15, -0.1) is 0 Å². The number of nitro benzene ring substituents is 1. The number of non-ortho nitro benzene ring substituents is 1. The van der Waals surface area contributed by atoms with E-state index in [2.05, 4.69) is 0 Å². The fourth-order valence-corrected chi connectivity index (χ4v) is 1.02. The zero-order valence-corrected chi connectivity index (χ0v) is 8.32. The number of carbonyl (C=O) groups is 1. The van der Waals surface area contributed by atoms with E-state index in [9.17, 15) is 28.1 Å². The molecule has 0 radical (unpaired) electrons. The molecule has 0 aromatic heterocycles. The van der Waals surface area contributed by atoms with Crippen LogP contribution in [0.1, 0.15) is 5.56 Å². The monoisotopic (exact) mass is 248 g/mol. The predicted octanol–water partition coefficient (Wildman–Crippen LogP) is 1.77. The predicted molar refractivity (Wildman–Crippen MR) is 51.0 cm³/mol. The van der Waals surface area contributed by atoms with Gasteiger partial charge in [0.05, 0.1) is 4.92 Å². The molecule has 0 aliphatic rings. The number of halogens is 3. The van der Waals surface area contributed by atoms with Crippen LogP contribution < -0.4 is 5.32 Å². The molecule has 1 aromatic carbocycles. The quantitative estimate of drug-likeness (QED) is 0.654. The summed E-state index contributed by atoms with van der Waals surface area (Å²) >= 11 is 0. The Kier molecular flexibility index (Phi) is 3.66. The average molecular weight is 248 g/mol. The van der Waals surface area contributed by atoms with Crippen LogP contribution in [0.5, 0.6) is 0 Å². The SMILES string of the molecule is O=C(NCc1ccc([N+](=O)[O-])cc1)C(F)(F)F. The zero-order chi connectivity index (χ0) is 13.1. The van der Waals surface area contributed by atoms with Crippen molar-refractivity contribution in [1.29, 1.82) is 0 Å². The minimum absolute atomic E-state index is 0.170. The molecule has 1 N–H and O–H groups in total. The van der Waals surface area contributed by atoms with Crippen LogP contribution in [0, 0.1) is 10.1 Å². The lowest BCUT2D eigenvalue weighted by atomic mass is 10.2. The number of amides is 1. The summed E-state index contributed by atoms with van der Waals surface area (Å²) in [7, 11) is 0. The fraction of sp³-hybridized carbons (Fsp3) is 0.222. The lowest BCUT2D eigenvalue weighted by Gasteiger charge is -2.07. The largest absolute Gasteiger partial charge is 0.471 e. The van der Waals surface area contributed by atoms with Crippen molar-refractivity contribution in [2.45, 2.75) is 12.7 Å². The van der Waals surface area contributed by atoms with E-state index in [0.717, 1.165) is 12.1 Å². The summed E-state index contributed by atoms with van der Waals surface area (Å²) in [6.07, 6.45) is -4.93. The summed E-state index contributed by atoms with van der Waals surface area (Å²) in [5.74, 6) is -2.05. The van der Waals surface area contributed by atoms with Crippen LogP contribution in [0.25, 0.3) is 0 Å². The lowest BCUT2D eigenvalue weighted by molar-refractivity contribution is -0.384. The second-order valence-electron chi connectivity index (χ2n) is 3.10. The Bertz CT molecular complexity index is 428. The first-order valence-corrected chi connectivity index (χ1v) is 4.39. The van der Waals surface area contributed by atoms with Gasteiger partial charge in [-0.05, 0) is 5.56 Å². The van der Waals surface area contributed by atoms with Crippen molar-refractivity contribution in [2.24, 2.45) is 0 Å². The Hall–Kier alpha value is -2.12. The number of benzene rings is 1. The van der Waals surface area contributed by atoms with E-state index in [4.69, 9.17) is 0 Å². The van der Waals surface area contributed by atoms with Crippen molar-refractivity contribution in [1.82, 2.24) is 5.32 Å². The molecule has 0 saturated carbocycles. The van der Waals surface area contributed by atoms with Crippen molar-refractivity contribution in [2.75, 3.05) is 0 Å². The van der Waals surface area contributed by atoms with E-state index in [-0.39, 0.29) is 12.2 Å². The van der Waals surface area contributed by atoms with Crippen molar-refractivity contribution >= 4 is 11.6 Å². The summed E-state index contributed by atoms with van der Waals surface area (Å²) in [5, 5.41) is 12.0. The second-order valence-corrected chi connectivity index (χ2v) is 3.10. The summed E-state index contributed by atoms with van der Waals surface area (Å²) in [6, 6.07) is 4.84. The maximum atomic E-state index is 11.8. The number of hydrogen-bond acceptors (Lipinski definition) is 3. The van der Waals surface area contributed by atoms with Gasteiger partial charge < -0.3 is 5.32 Å². The van der Waals surface area contributed by atoms with E-state index < -0.39 is 17.0 Å². The molecule has 0 spiro atoms. The molecule has 0 aliphatic heterocycles. The Balaban J connectivity index is 2.59. The van der Waals surface area contributed by atoms with Gasteiger partial charge in [-0.1, -0.05) is 12.1 Å².